The highest BCUT2D eigenvalue weighted by Crippen LogP contribution is 2.29. The summed E-state index contributed by atoms with van der Waals surface area (Å²) in [6, 6.07) is 1.25. The van der Waals surface area contributed by atoms with Crippen molar-refractivity contribution in [2.45, 2.75) is 12.8 Å². The van der Waals surface area contributed by atoms with Gasteiger partial charge in [0.2, 0.25) is 5.15 Å². The second kappa shape index (κ2) is 6.04. The molecule has 0 saturated carbocycles. The molecular formula is C12H12ClN3O5. The molecule has 1 unspecified atom stereocenters. The SMILES string of the molecule is O=C(O)CC1CCN(C(=O)c2ccnc(Cl)c2[N+](=O)[O-])C1. The summed E-state index contributed by atoms with van der Waals surface area (Å²) in [6.07, 6.45) is 1.76. The molecule has 0 radical (unpaired) electrons. The van der Waals surface area contributed by atoms with Crippen LogP contribution in [0.5, 0.6) is 0 Å². The lowest BCUT2D eigenvalue weighted by molar-refractivity contribution is -0.385. The predicted octanol–water partition coefficient (Wildman–Crippen LogP) is 1.58. The summed E-state index contributed by atoms with van der Waals surface area (Å²) in [5.74, 6) is -1.59. The lowest BCUT2D eigenvalue weighted by Gasteiger charge is -2.16. The molecule has 21 heavy (non-hydrogen) atoms. The molecule has 0 aromatic carbocycles. The number of carbonyl (C=O) groups is 2. The number of aliphatic carboxylic acids is 1. The fourth-order valence-corrected chi connectivity index (χ4v) is 2.60. The van der Waals surface area contributed by atoms with Crippen LogP contribution in [0.4, 0.5) is 5.69 Å². The molecular weight excluding hydrogens is 302 g/mol. The lowest BCUT2D eigenvalue weighted by Crippen LogP contribution is -2.29. The van der Waals surface area contributed by atoms with E-state index in [9.17, 15) is 19.7 Å². The number of nitro groups is 1. The normalized spacial score (nSPS) is 17.8. The van der Waals surface area contributed by atoms with Crippen molar-refractivity contribution in [3.63, 3.8) is 0 Å². The fourth-order valence-electron chi connectivity index (χ4n) is 2.38. The van der Waals surface area contributed by atoms with Crippen molar-refractivity contribution in [3.8, 4) is 0 Å². The Morgan fingerprint density at radius 2 is 2.29 bits per heavy atom. The maximum atomic E-state index is 12.3. The average molecular weight is 314 g/mol. The molecule has 1 amide bonds. The maximum absolute atomic E-state index is 12.3. The summed E-state index contributed by atoms with van der Waals surface area (Å²) in [4.78, 5) is 38.3. The van der Waals surface area contributed by atoms with Crippen molar-refractivity contribution < 1.29 is 19.6 Å². The topological polar surface area (TPSA) is 114 Å². The summed E-state index contributed by atoms with van der Waals surface area (Å²) in [7, 11) is 0. The van der Waals surface area contributed by atoms with E-state index in [0.29, 0.717) is 13.0 Å². The van der Waals surface area contributed by atoms with Crippen molar-refractivity contribution in [2.75, 3.05) is 13.1 Å². The van der Waals surface area contributed by atoms with Gasteiger partial charge in [-0.1, -0.05) is 11.6 Å². The Hall–Kier alpha value is -2.22. The third kappa shape index (κ3) is 3.27. The molecule has 1 atom stereocenters. The zero-order valence-electron chi connectivity index (χ0n) is 10.9. The smallest absolute Gasteiger partial charge is 0.319 e. The van der Waals surface area contributed by atoms with Crippen LogP contribution in [0.15, 0.2) is 12.3 Å². The first kappa shape index (κ1) is 15.2. The van der Waals surface area contributed by atoms with Gasteiger partial charge in [0, 0.05) is 25.7 Å². The minimum Gasteiger partial charge on any atom is -0.481 e. The Morgan fingerprint density at radius 3 is 2.90 bits per heavy atom. The van der Waals surface area contributed by atoms with E-state index in [4.69, 9.17) is 16.7 Å². The highest BCUT2D eigenvalue weighted by Gasteiger charge is 2.33. The number of aromatic nitrogens is 1. The number of carbonyl (C=O) groups excluding carboxylic acids is 1. The monoisotopic (exact) mass is 313 g/mol. The molecule has 2 heterocycles. The Morgan fingerprint density at radius 1 is 1.57 bits per heavy atom. The molecule has 1 N–H and O–H groups in total. The van der Waals surface area contributed by atoms with Crippen LogP contribution in [0.3, 0.4) is 0 Å². The van der Waals surface area contributed by atoms with E-state index >= 15 is 0 Å². The van der Waals surface area contributed by atoms with E-state index in [1.807, 2.05) is 0 Å². The summed E-state index contributed by atoms with van der Waals surface area (Å²) < 4.78 is 0. The van der Waals surface area contributed by atoms with Gasteiger partial charge in [-0.05, 0) is 18.4 Å². The number of carboxylic acids is 1. The van der Waals surface area contributed by atoms with E-state index in [0.717, 1.165) is 0 Å². The first-order valence-corrected chi connectivity index (χ1v) is 6.58. The number of hydrogen-bond acceptors (Lipinski definition) is 5. The summed E-state index contributed by atoms with van der Waals surface area (Å²) in [5, 5.41) is 19.4. The van der Waals surface area contributed by atoms with Gasteiger partial charge in [-0.15, -0.1) is 0 Å². The van der Waals surface area contributed by atoms with Crippen LogP contribution < -0.4 is 0 Å². The van der Waals surface area contributed by atoms with Gasteiger partial charge in [0.05, 0.1) is 4.92 Å². The molecule has 1 fully saturated rings. The van der Waals surface area contributed by atoms with Gasteiger partial charge < -0.3 is 10.0 Å². The second-order valence-corrected chi connectivity index (χ2v) is 5.12. The van der Waals surface area contributed by atoms with Gasteiger partial charge >= 0.3 is 11.7 Å². The molecule has 1 aliphatic heterocycles. The van der Waals surface area contributed by atoms with Gasteiger partial charge in [-0.3, -0.25) is 19.7 Å². The average Bonchev–Trinajstić information content (AvgIpc) is 2.84. The van der Waals surface area contributed by atoms with Crippen LogP contribution in [-0.2, 0) is 4.79 Å². The third-order valence-corrected chi connectivity index (χ3v) is 3.61. The van der Waals surface area contributed by atoms with E-state index in [-0.39, 0.29) is 29.6 Å². The van der Waals surface area contributed by atoms with Crippen LogP contribution >= 0.6 is 11.6 Å². The van der Waals surface area contributed by atoms with Gasteiger partial charge in [-0.25, -0.2) is 4.98 Å². The van der Waals surface area contributed by atoms with E-state index in [1.54, 1.807) is 0 Å². The second-order valence-electron chi connectivity index (χ2n) is 4.76. The van der Waals surface area contributed by atoms with Crippen molar-refractivity contribution in [2.24, 2.45) is 5.92 Å². The molecule has 8 nitrogen and oxygen atoms in total. The molecule has 1 aliphatic rings. The van der Waals surface area contributed by atoms with E-state index in [2.05, 4.69) is 4.98 Å². The van der Waals surface area contributed by atoms with Gasteiger partial charge in [0.1, 0.15) is 5.56 Å². The highest BCUT2D eigenvalue weighted by molar-refractivity contribution is 6.32. The molecule has 1 aromatic rings. The number of carboxylic acid groups (broad SMARTS) is 1. The van der Waals surface area contributed by atoms with Crippen molar-refractivity contribution in [3.05, 3.63) is 33.1 Å². The fraction of sp³-hybridized carbons (Fsp3) is 0.417. The lowest BCUT2D eigenvalue weighted by atomic mass is 10.1. The molecule has 1 saturated heterocycles. The maximum Gasteiger partial charge on any atom is 0.319 e. The number of hydrogen-bond donors (Lipinski definition) is 1. The largest absolute Gasteiger partial charge is 0.481 e. The highest BCUT2D eigenvalue weighted by atomic mass is 35.5. The number of likely N-dealkylation sites (tertiary alicyclic amines) is 1. The summed E-state index contributed by atoms with van der Waals surface area (Å²) in [6.45, 7) is 0.635. The van der Waals surface area contributed by atoms with Gasteiger partial charge in [-0.2, -0.15) is 0 Å². The molecule has 0 aliphatic carbocycles. The first-order chi connectivity index (χ1) is 9.90. The molecule has 112 valence electrons. The summed E-state index contributed by atoms with van der Waals surface area (Å²) in [5.41, 5.74) is -0.651. The zero-order valence-corrected chi connectivity index (χ0v) is 11.6. The molecule has 0 spiro atoms. The molecule has 1 aromatic heterocycles. The van der Waals surface area contributed by atoms with Crippen LogP contribution in [0, 0.1) is 16.0 Å². The van der Waals surface area contributed by atoms with E-state index < -0.39 is 22.5 Å². The number of amides is 1. The standard InChI is InChI=1S/C12H12ClN3O5/c13-11-10(16(20)21)8(1-3-14-11)12(19)15-4-2-7(6-15)5-9(17)18/h1,3,7H,2,4-6H2,(H,17,18). The zero-order chi connectivity index (χ0) is 15.6. The minimum atomic E-state index is -0.924. The molecule has 2 rings (SSSR count). The number of pyridine rings is 1. The Bertz CT molecular complexity index is 607. The van der Waals surface area contributed by atoms with Crippen molar-refractivity contribution in [1.29, 1.82) is 0 Å². The van der Waals surface area contributed by atoms with Crippen molar-refractivity contribution in [1.82, 2.24) is 9.88 Å². The minimum absolute atomic E-state index is 0.0248. The van der Waals surface area contributed by atoms with Crippen LogP contribution in [-0.4, -0.2) is 44.9 Å². The Kier molecular flexibility index (Phi) is 4.37. The Balaban J connectivity index is 2.20. The third-order valence-electron chi connectivity index (χ3n) is 3.33. The van der Waals surface area contributed by atoms with Crippen LogP contribution in [0.2, 0.25) is 5.15 Å². The first-order valence-electron chi connectivity index (χ1n) is 6.20. The molecule has 9 heteroatoms. The summed E-state index contributed by atoms with van der Waals surface area (Å²) >= 11 is 5.67. The Labute approximate surface area is 124 Å². The van der Waals surface area contributed by atoms with Crippen molar-refractivity contribution >= 4 is 29.2 Å². The van der Waals surface area contributed by atoms with Gasteiger partial charge in [0.15, 0.2) is 0 Å². The predicted molar refractivity (Wildman–Crippen MR) is 72.2 cm³/mol. The van der Waals surface area contributed by atoms with Crippen LogP contribution in [0.25, 0.3) is 0 Å². The van der Waals surface area contributed by atoms with Gasteiger partial charge in [0.25, 0.3) is 5.91 Å². The number of rotatable bonds is 4. The molecule has 0 bridgehead atoms. The quantitative estimate of drug-likeness (QED) is 0.513. The number of nitrogens with zero attached hydrogens (tertiary/aromatic N) is 3. The number of halogens is 1. The van der Waals surface area contributed by atoms with Crippen LogP contribution in [0.1, 0.15) is 23.2 Å². The van der Waals surface area contributed by atoms with E-state index in [1.165, 1.54) is 17.2 Å².